The van der Waals surface area contributed by atoms with Crippen molar-refractivity contribution in [2.24, 2.45) is 0 Å². The number of nitrogens with one attached hydrogen (secondary N) is 1. The normalized spacial score (nSPS) is 20.1. The topological polar surface area (TPSA) is 48.5 Å². The van der Waals surface area contributed by atoms with Gasteiger partial charge in [0.25, 0.3) is 0 Å². The molecule has 0 bridgehead atoms. The van der Waals surface area contributed by atoms with Crippen molar-refractivity contribution in [1.29, 1.82) is 0 Å². The highest BCUT2D eigenvalue weighted by Crippen LogP contribution is 2.29. The van der Waals surface area contributed by atoms with Crippen LogP contribution in [-0.2, 0) is 11.2 Å². The molecule has 0 saturated carbocycles. The van der Waals surface area contributed by atoms with E-state index < -0.39 is 0 Å². The van der Waals surface area contributed by atoms with Crippen molar-refractivity contribution in [1.82, 2.24) is 20.1 Å². The monoisotopic (exact) mass is 374 g/mol. The minimum absolute atomic E-state index is 0. The van der Waals surface area contributed by atoms with Gasteiger partial charge in [-0.2, -0.15) is 0 Å². The molecule has 3 rings (SSSR count). The number of halogens is 2. The van der Waals surface area contributed by atoms with E-state index >= 15 is 0 Å². The summed E-state index contributed by atoms with van der Waals surface area (Å²) < 4.78 is 0. The van der Waals surface area contributed by atoms with E-state index in [4.69, 9.17) is 0 Å². The van der Waals surface area contributed by atoms with Gasteiger partial charge in [-0.1, -0.05) is 0 Å². The van der Waals surface area contributed by atoms with Crippen LogP contribution >= 0.6 is 24.8 Å². The van der Waals surface area contributed by atoms with Crippen LogP contribution < -0.4 is 5.32 Å². The first-order valence-electron chi connectivity index (χ1n) is 8.28. The van der Waals surface area contributed by atoms with Crippen LogP contribution in [0.4, 0.5) is 0 Å². The number of nitrogens with zero attached hydrogens (tertiary/aromatic N) is 3. The number of likely N-dealkylation sites (N-methyl/N-ethyl adjacent to an activating group) is 1. The Morgan fingerprint density at radius 3 is 2.54 bits per heavy atom. The zero-order valence-corrected chi connectivity index (χ0v) is 15.9. The zero-order valence-electron chi connectivity index (χ0n) is 14.2. The molecule has 2 aliphatic rings. The molecule has 1 amide bonds. The third-order valence-corrected chi connectivity index (χ3v) is 5.26. The highest BCUT2D eigenvalue weighted by Gasteiger charge is 2.41. The fourth-order valence-electron chi connectivity index (χ4n) is 3.67. The average molecular weight is 375 g/mol. The molecule has 1 spiro atoms. The Kier molecular flexibility index (Phi) is 8.43. The lowest BCUT2D eigenvalue weighted by atomic mass is 9.84. The Labute approximate surface area is 157 Å². The van der Waals surface area contributed by atoms with Crippen LogP contribution in [0.5, 0.6) is 0 Å². The number of carbonyl (C=O) groups is 1. The molecule has 0 unspecified atom stereocenters. The van der Waals surface area contributed by atoms with Crippen molar-refractivity contribution in [3.63, 3.8) is 0 Å². The minimum atomic E-state index is 0. The summed E-state index contributed by atoms with van der Waals surface area (Å²) in [5.41, 5.74) is 1.38. The van der Waals surface area contributed by atoms with Crippen LogP contribution in [-0.4, -0.2) is 66.0 Å². The number of carbonyl (C=O) groups excluding carboxylic acids is 1. The quantitative estimate of drug-likeness (QED) is 0.875. The second-order valence-corrected chi connectivity index (χ2v) is 6.57. The molecule has 5 nitrogen and oxygen atoms in total. The number of piperazine rings is 1. The molecule has 136 valence electrons. The van der Waals surface area contributed by atoms with E-state index in [-0.39, 0.29) is 30.4 Å². The number of hydrogen-bond donors (Lipinski definition) is 1. The molecule has 2 saturated heterocycles. The molecule has 2 fully saturated rings. The molecule has 2 aliphatic heterocycles. The van der Waals surface area contributed by atoms with Crippen molar-refractivity contribution < 1.29 is 4.79 Å². The number of amides is 1. The molecule has 1 aromatic heterocycles. The molecule has 7 heteroatoms. The van der Waals surface area contributed by atoms with Crippen molar-refractivity contribution in [2.75, 3.05) is 39.8 Å². The highest BCUT2D eigenvalue weighted by atomic mass is 35.5. The van der Waals surface area contributed by atoms with Gasteiger partial charge in [0.15, 0.2) is 0 Å². The van der Waals surface area contributed by atoms with Crippen LogP contribution in [0.25, 0.3) is 0 Å². The summed E-state index contributed by atoms with van der Waals surface area (Å²) in [5.74, 6) is 0.294. The molecule has 0 radical (unpaired) electrons. The van der Waals surface area contributed by atoms with Crippen LogP contribution in [0, 0.1) is 0 Å². The largest absolute Gasteiger partial charge is 0.340 e. The van der Waals surface area contributed by atoms with E-state index in [0.29, 0.717) is 12.3 Å². The van der Waals surface area contributed by atoms with E-state index in [9.17, 15) is 4.79 Å². The van der Waals surface area contributed by atoms with Crippen molar-refractivity contribution >= 4 is 30.7 Å². The lowest BCUT2D eigenvalue weighted by Crippen LogP contribution is -2.64. The van der Waals surface area contributed by atoms with E-state index in [2.05, 4.69) is 27.1 Å². The second kappa shape index (κ2) is 9.56. The maximum absolute atomic E-state index is 12.6. The maximum atomic E-state index is 12.6. The Morgan fingerprint density at radius 1 is 1.21 bits per heavy atom. The lowest BCUT2D eigenvalue weighted by Gasteiger charge is -2.51. The Bertz CT molecular complexity index is 509. The van der Waals surface area contributed by atoms with Crippen LogP contribution in [0.3, 0.4) is 0 Å². The van der Waals surface area contributed by atoms with Crippen molar-refractivity contribution in [3.05, 3.63) is 30.1 Å². The SMILES string of the molecule is CN1CCN(C(=O)CCc2ccncc2)CC12CCNCC2.Cl.Cl. The summed E-state index contributed by atoms with van der Waals surface area (Å²) in [6.07, 6.45) is 7.26. The van der Waals surface area contributed by atoms with Crippen LogP contribution in [0.2, 0.25) is 0 Å². The molecular formula is C17H28Cl2N4O. The summed E-state index contributed by atoms with van der Waals surface area (Å²) in [6.45, 7) is 4.86. The predicted octanol–water partition coefficient (Wildman–Crippen LogP) is 1.75. The Hall–Kier alpha value is -0.880. The predicted molar refractivity (Wildman–Crippen MR) is 101 cm³/mol. The van der Waals surface area contributed by atoms with Crippen LogP contribution in [0.15, 0.2) is 24.5 Å². The standard InChI is InChI=1S/C17H26N4O.2ClH/c1-20-12-13-21(14-17(20)6-10-19-11-7-17)16(22)3-2-15-4-8-18-9-5-15;;/h4-5,8-9,19H,2-3,6-7,10-14H2,1H3;2*1H. The van der Waals surface area contributed by atoms with Gasteiger partial charge in [0, 0.05) is 44.0 Å². The maximum Gasteiger partial charge on any atom is 0.223 e. The minimum Gasteiger partial charge on any atom is -0.340 e. The van der Waals surface area contributed by atoms with Gasteiger partial charge < -0.3 is 10.2 Å². The van der Waals surface area contributed by atoms with Gasteiger partial charge in [-0.05, 0) is 57.1 Å². The molecule has 0 atom stereocenters. The number of aryl methyl sites for hydroxylation is 1. The van der Waals surface area contributed by atoms with Gasteiger partial charge in [-0.25, -0.2) is 0 Å². The zero-order chi connectivity index (χ0) is 15.4. The first-order chi connectivity index (χ1) is 10.7. The third kappa shape index (κ3) is 4.82. The smallest absolute Gasteiger partial charge is 0.223 e. The molecule has 3 heterocycles. The Morgan fingerprint density at radius 2 is 1.88 bits per heavy atom. The highest BCUT2D eigenvalue weighted by molar-refractivity contribution is 5.85. The molecule has 1 N–H and O–H groups in total. The van der Waals surface area contributed by atoms with Crippen molar-refractivity contribution in [2.45, 2.75) is 31.2 Å². The molecule has 24 heavy (non-hydrogen) atoms. The lowest BCUT2D eigenvalue weighted by molar-refractivity contribution is -0.137. The summed E-state index contributed by atoms with van der Waals surface area (Å²) in [4.78, 5) is 21.2. The summed E-state index contributed by atoms with van der Waals surface area (Å²) in [6, 6.07) is 3.98. The number of rotatable bonds is 3. The first-order valence-corrected chi connectivity index (χ1v) is 8.28. The average Bonchev–Trinajstić information content (AvgIpc) is 2.57. The van der Waals surface area contributed by atoms with E-state index in [1.165, 1.54) is 5.56 Å². The molecule has 0 aromatic carbocycles. The summed E-state index contributed by atoms with van der Waals surface area (Å²) in [5, 5.41) is 3.43. The van der Waals surface area contributed by atoms with Gasteiger partial charge in [-0.15, -0.1) is 24.8 Å². The number of piperidine rings is 1. The first kappa shape index (κ1) is 21.2. The number of aromatic nitrogens is 1. The molecule has 1 aromatic rings. The van der Waals surface area contributed by atoms with Gasteiger partial charge in [0.2, 0.25) is 5.91 Å². The van der Waals surface area contributed by atoms with Gasteiger partial charge in [0.1, 0.15) is 0 Å². The van der Waals surface area contributed by atoms with Gasteiger partial charge in [0.05, 0.1) is 0 Å². The third-order valence-electron chi connectivity index (χ3n) is 5.26. The number of pyridine rings is 1. The number of hydrogen-bond acceptors (Lipinski definition) is 4. The van der Waals surface area contributed by atoms with E-state index in [0.717, 1.165) is 52.0 Å². The fraction of sp³-hybridized carbons (Fsp3) is 0.647. The van der Waals surface area contributed by atoms with Gasteiger partial charge in [-0.3, -0.25) is 14.7 Å². The van der Waals surface area contributed by atoms with Crippen LogP contribution in [0.1, 0.15) is 24.8 Å². The van der Waals surface area contributed by atoms with Crippen molar-refractivity contribution in [3.8, 4) is 0 Å². The summed E-state index contributed by atoms with van der Waals surface area (Å²) in [7, 11) is 2.21. The van der Waals surface area contributed by atoms with E-state index in [1.54, 1.807) is 12.4 Å². The molecule has 0 aliphatic carbocycles. The second-order valence-electron chi connectivity index (χ2n) is 6.57. The van der Waals surface area contributed by atoms with Gasteiger partial charge >= 0.3 is 0 Å². The summed E-state index contributed by atoms with van der Waals surface area (Å²) >= 11 is 0. The fourth-order valence-corrected chi connectivity index (χ4v) is 3.67. The van der Waals surface area contributed by atoms with E-state index in [1.807, 2.05) is 12.1 Å². The molecular weight excluding hydrogens is 347 g/mol. The Balaban J connectivity index is 0.00000144.